The van der Waals surface area contributed by atoms with Crippen LogP contribution in [0, 0.1) is 0 Å². The predicted molar refractivity (Wildman–Crippen MR) is 91.8 cm³/mol. The van der Waals surface area contributed by atoms with Crippen molar-refractivity contribution in [3.63, 3.8) is 0 Å². The Morgan fingerprint density at radius 1 is 1.09 bits per heavy atom. The predicted octanol–water partition coefficient (Wildman–Crippen LogP) is 4.14. The SMILES string of the molecule is CCC(CC)(OC)c1cccc2cc(OC)ccc12.O=[P+](O)O. The van der Waals surface area contributed by atoms with Crippen molar-refractivity contribution >= 4 is 19.0 Å². The van der Waals surface area contributed by atoms with Crippen LogP contribution < -0.4 is 4.74 Å². The monoisotopic (exact) mass is 339 g/mol. The molecule has 2 rings (SSSR count). The van der Waals surface area contributed by atoms with Gasteiger partial charge in [-0.05, 0) is 41.3 Å². The summed E-state index contributed by atoms with van der Waals surface area (Å²) < 4.78 is 19.9. The number of methoxy groups -OCH3 is 2. The Hall–Kier alpha value is -1.52. The van der Waals surface area contributed by atoms with Gasteiger partial charge in [-0.2, -0.15) is 0 Å². The quantitative estimate of drug-likeness (QED) is 0.801. The third-order valence-electron chi connectivity index (χ3n) is 4.11. The molecule has 126 valence electrons. The molecule has 0 saturated heterocycles. The second-order valence-electron chi connectivity index (χ2n) is 5.05. The molecule has 23 heavy (non-hydrogen) atoms. The summed E-state index contributed by atoms with van der Waals surface area (Å²) in [6, 6.07) is 12.6. The molecule has 5 nitrogen and oxygen atoms in total. The van der Waals surface area contributed by atoms with Crippen molar-refractivity contribution in [1.29, 1.82) is 0 Å². The third kappa shape index (κ3) is 4.72. The second-order valence-corrected chi connectivity index (χ2v) is 5.56. The second kappa shape index (κ2) is 8.94. The van der Waals surface area contributed by atoms with Gasteiger partial charge >= 0.3 is 8.25 Å². The highest BCUT2D eigenvalue weighted by molar-refractivity contribution is 7.30. The maximum Gasteiger partial charge on any atom is 0.692 e. The van der Waals surface area contributed by atoms with Crippen molar-refractivity contribution in [3.05, 3.63) is 42.0 Å². The molecule has 0 radical (unpaired) electrons. The molecule has 0 aliphatic rings. The Morgan fingerprint density at radius 3 is 2.17 bits per heavy atom. The van der Waals surface area contributed by atoms with E-state index in [1.54, 1.807) is 14.2 Å². The van der Waals surface area contributed by atoms with Crippen LogP contribution in [0.2, 0.25) is 0 Å². The Labute approximate surface area is 137 Å². The summed E-state index contributed by atoms with van der Waals surface area (Å²) in [7, 11) is 0.628. The van der Waals surface area contributed by atoms with Gasteiger partial charge in [-0.25, -0.2) is 0 Å². The minimum atomic E-state index is -2.87. The summed E-state index contributed by atoms with van der Waals surface area (Å²) in [6.45, 7) is 4.35. The fourth-order valence-electron chi connectivity index (χ4n) is 2.82. The standard InChI is InChI=1S/C17H22O2.HO3P/c1-5-17(6-2,19-4)16-9-7-8-13-12-14(18-3)10-11-15(13)16;1-4(2)3/h7-12H,5-6H2,1-4H3;(H-,1,2,3)/p+1. The topological polar surface area (TPSA) is 76.0 Å². The lowest BCUT2D eigenvalue weighted by atomic mass is 9.85. The first-order valence-corrected chi connectivity index (χ1v) is 8.58. The van der Waals surface area contributed by atoms with Crippen LogP contribution >= 0.6 is 8.25 Å². The molecule has 0 spiro atoms. The largest absolute Gasteiger partial charge is 0.692 e. The first-order valence-electron chi connectivity index (χ1n) is 7.41. The number of benzene rings is 2. The zero-order valence-corrected chi connectivity index (χ0v) is 14.8. The van der Waals surface area contributed by atoms with E-state index in [4.69, 9.17) is 23.8 Å². The van der Waals surface area contributed by atoms with E-state index in [0.29, 0.717) is 0 Å². The van der Waals surface area contributed by atoms with Crippen LogP contribution in [0.25, 0.3) is 10.8 Å². The molecule has 0 heterocycles. The molecule has 2 aromatic carbocycles. The lowest BCUT2D eigenvalue weighted by Gasteiger charge is -2.32. The van der Waals surface area contributed by atoms with E-state index in [1.807, 2.05) is 6.07 Å². The molecule has 0 amide bonds. The molecule has 0 atom stereocenters. The van der Waals surface area contributed by atoms with E-state index in [2.05, 4.69) is 44.2 Å². The summed E-state index contributed by atoms with van der Waals surface area (Å²) >= 11 is 0. The van der Waals surface area contributed by atoms with Gasteiger partial charge in [0.15, 0.2) is 0 Å². The molecule has 6 heteroatoms. The fraction of sp³-hybridized carbons (Fsp3) is 0.412. The van der Waals surface area contributed by atoms with E-state index in [1.165, 1.54) is 16.3 Å². The van der Waals surface area contributed by atoms with Crippen LogP contribution in [0.1, 0.15) is 32.3 Å². The first kappa shape index (κ1) is 19.5. The molecule has 0 fully saturated rings. The van der Waals surface area contributed by atoms with Crippen LogP contribution in [0.4, 0.5) is 0 Å². The van der Waals surface area contributed by atoms with Gasteiger partial charge in [0.05, 0.1) is 12.7 Å². The average molecular weight is 339 g/mol. The van der Waals surface area contributed by atoms with Gasteiger partial charge in [-0.15, -0.1) is 9.79 Å². The minimum absolute atomic E-state index is 0.200. The Morgan fingerprint density at radius 2 is 1.70 bits per heavy atom. The number of rotatable bonds is 5. The van der Waals surface area contributed by atoms with Crippen LogP contribution in [-0.2, 0) is 14.9 Å². The van der Waals surface area contributed by atoms with Crippen molar-refractivity contribution in [2.24, 2.45) is 0 Å². The summed E-state index contributed by atoms with van der Waals surface area (Å²) in [5.41, 5.74) is 1.06. The normalized spacial score (nSPS) is 10.9. The number of ether oxygens (including phenoxy) is 2. The zero-order valence-electron chi connectivity index (χ0n) is 13.9. The summed E-state index contributed by atoms with van der Waals surface area (Å²) in [5, 5.41) is 2.44. The van der Waals surface area contributed by atoms with Crippen molar-refractivity contribution < 1.29 is 23.8 Å². The van der Waals surface area contributed by atoms with Crippen LogP contribution in [0.15, 0.2) is 36.4 Å². The molecule has 0 aromatic heterocycles. The lowest BCUT2D eigenvalue weighted by molar-refractivity contribution is -0.0205. The maximum atomic E-state index is 8.70. The minimum Gasteiger partial charge on any atom is -0.497 e. The lowest BCUT2D eigenvalue weighted by Crippen LogP contribution is -2.26. The van der Waals surface area contributed by atoms with Crippen molar-refractivity contribution in [1.82, 2.24) is 0 Å². The Kier molecular flexibility index (Phi) is 7.59. The zero-order chi connectivity index (χ0) is 17.5. The van der Waals surface area contributed by atoms with E-state index in [0.717, 1.165) is 18.6 Å². The molecule has 2 aromatic rings. The molecule has 0 saturated carbocycles. The van der Waals surface area contributed by atoms with Gasteiger partial charge in [0.25, 0.3) is 0 Å². The van der Waals surface area contributed by atoms with Crippen LogP contribution in [0.5, 0.6) is 5.75 Å². The smallest absolute Gasteiger partial charge is 0.497 e. The van der Waals surface area contributed by atoms with Gasteiger partial charge in [-0.1, -0.05) is 38.1 Å². The Bertz CT molecular complexity index is 640. The first-order chi connectivity index (χ1) is 10.9. The van der Waals surface area contributed by atoms with Crippen LogP contribution in [0.3, 0.4) is 0 Å². The van der Waals surface area contributed by atoms with E-state index in [-0.39, 0.29) is 5.60 Å². The summed E-state index contributed by atoms with van der Waals surface area (Å²) in [6.07, 6.45) is 1.93. The molecule has 2 N–H and O–H groups in total. The van der Waals surface area contributed by atoms with Gasteiger partial charge in [-0.3, -0.25) is 0 Å². The molecular formula is C17H24O5P+. The van der Waals surface area contributed by atoms with E-state index >= 15 is 0 Å². The van der Waals surface area contributed by atoms with Gasteiger partial charge in [0, 0.05) is 11.7 Å². The average Bonchev–Trinajstić information content (AvgIpc) is 2.56. The third-order valence-corrected chi connectivity index (χ3v) is 4.11. The molecule has 0 aliphatic heterocycles. The van der Waals surface area contributed by atoms with Gasteiger partial charge in [0.2, 0.25) is 0 Å². The highest BCUT2D eigenvalue weighted by Gasteiger charge is 2.29. The van der Waals surface area contributed by atoms with E-state index in [9.17, 15) is 0 Å². The highest BCUT2D eigenvalue weighted by atomic mass is 31.1. The van der Waals surface area contributed by atoms with Crippen LogP contribution in [-0.4, -0.2) is 24.0 Å². The van der Waals surface area contributed by atoms with Crippen molar-refractivity contribution in [2.75, 3.05) is 14.2 Å². The molecule has 0 unspecified atom stereocenters. The Balaban J connectivity index is 0.000000593. The molecular weight excluding hydrogens is 315 g/mol. The maximum absolute atomic E-state index is 8.70. The van der Waals surface area contributed by atoms with E-state index < -0.39 is 8.25 Å². The summed E-state index contributed by atoms with van der Waals surface area (Å²) in [5.74, 6) is 0.890. The van der Waals surface area contributed by atoms with Gasteiger partial charge in [0.1, 0.15) is 5.75 Å². The highest BCUT2D eigenvalue weighted by Crippen LogP contribution is 2.37. The number of hydrogen-bond acceptors (Lipinski definition) is 3. The molecule has 0 bridgehead atoms. The molecule has 0 aliphatic carbocycles. The number of fused-ring (bicyclic) bond motifs is 1. The van der Waals surface area contributed by atoms with Gasteiger partial charge < -0.3 is 9.47 Å². The number of hydrogen-bond donors (Lipinski definition) is 2. The van der Waals surface area contributed by atoms with Crippen molar-refractivity contribution in [3.8, 4) is 5.75 Å². The fourth-order valence-corrected chi connectivity index (χ4v) is 2.82. The summed E-state index contributed by atoms with van der Waals surface area (Å²) in [4.78, 5) is 14.2. The van der Waals surface area contributed by atoms with Crippen molar-refractivity contribution in [2.45, 2.75) is 32.3 Å².